The molecule has 0 unspecified atom stereocenters. The molecule has 1 atom stereocenters. The number of benzene rings is 1. The second kappa shape index (κ2) is 6.21. The maximum Gasteiger partial charge on any atom is 0.237 e. The molecule has 0 aromatic heterocycles. The summed E-state index contributed by atoms with van der Waals surface area (Å²) in [5, 5.41) is 0. The zero-order valence-electron chi connectivity index (χ0n) is 10.7. The van der Waals surface area contributed by atoms with E-state index in [4.69, 9.17) is 11.6 Å². The Morgan fingerprint density at radius 3 is 2.83 bits per heavy atom. The Balaban J connectivity index is 1.87. The van der Waals surface area contributed by atoms with Crippen LogP contribution in [-0.2, 0) is 11.3 Å². The first-order valence-electron chi connectivity index (χ1n) is 6.28. The summed E-state index contributed by atoms with van der Waals surface area (Å²) in [7, 11) is 1.85. The fourth-order valence-electron chi connectivity index (χ4n) is 2.41. The highest BCUT2D eigenvalue weighted by Gasteiger charge is 2.27. The molecule has 3 nitrogen and oxygen atoms in total. The normalized spacial score (nSPS) is 20.0. The van der Waals surface area contributed by atoms with Gasteiger partial charge >= 0.3 is 0 Å². The van der Waals surface area contributed by atoms with Crippen LogP contribution in [0.15, 0.2) is 30.3 Å². The largest absolute Gasteiger partial charge is 0.340 e. The average molecular weight is 267 g/mol. The van der Waals surface area contributed by atoms with Gasteiger partial charge in [-0.15, -0.1) is 11.6 Å². The Morgan fingerprint density at radius 2 is 2.17 bits per heavy atom. The summed E-state index contributed by atoms with van der Waals surface area (Å²) >= 11 is 5.59. The molecule has 4 heteroatoms. The lowest BCUT2D eigenvalue weighted by molar-refractivity contribution is -0.129. The van der Waals surface area contributed by atoms with Gasteiger partial charge < -0.3 is 4.90 Å². The van der Waals surface area contributed by atoms with Crippen molar-refractivity contribution in [1.29, 1.82) is 0 Å². The van der Waals surface area contributed by atoms with Gasteiger partial charge in [-0.05, 0) is 12.0 Å². The molecule has 0 saturated carbocycles. The predicted octanol–water partition coefficient (Wildman–Crippen LogP) is 1.96. The Kier molecular flexibility index (Phi) is 4.61. The van der Waals surface area contributed by atoms with Crippen molar-refractivity contribution >= 4 is 17.5 Å². The molecule has 1 aromatic rings. The van der Waals surface area contributed by atoms with Crippen molar-refractivity contribution in [3.05, 3.63) is 35.9 Å². The van der Waals surface area contributed by atoms with Gasteiger partial charge in [-0.2, -0.15) is 0 Å². The molecule has 1 aliphatic rings. The third-order valence-corrected chi connectivity index (χ3v) is 3.78. The van der Waals surface area contributed by atoms with Gasteiger partial charge in [-0.3, -0.25) is 9.69 Å². The van der Waals surface area contributed by atoms with Crippen LogP contribution in [0.2, 0.25) is 0 Å². The molecule has 98 valence electrons. The van der Waals surface area contributed by atoms with Gasteiger partial charge in [0.25, 0.3) is 0 Å². The number of hydrogen-bond donors (Lipinski definition) is 0. The van der Waals surface area contributed by atoms with E-state index in [1.54, 1.807) is 4.90 Å². The molecule has 1 fully saturated rings. The minimum absolute atomic E-state index is 0.0169. The molecule has 0 N–H and O–H groups in total. The highest BCUT2D eigenvalue weighted by Crippen LogP contribution is 2.17. The lowest BCUT2D eigenvalue weighted by atomic mass is 10.2. The van der Waals surface area contributed by atoms with E-state index >= 15 is 0 Å². The van der Waals surface area contributed by atoms with E-state index in [1.807, 2.05) is 13.1 Å². The summed E-state index contributed by atoms with van der Waals surface area (Å²) in [6, 6.07) is 10.7. The van der Waals surface area contributed by atoms with Crippen molar-refractivity contribution in [2.24, 2.45) is 0 Å². The Morgan fingerprint density at radius 1 is 1.44 bits per heavy atom. The molecule has 1 amide bonds. The summed E-state index contributed by atoms with van der Waals surface area (Å²) < 4.78 is 0. The van der Waals surface area contributed by atoms with E-state index < -0.39 is 0 Å². The molecule has 0 aliphatic carbocycles. The third-order valence-electron chi connectivity index (χ3n) is 3.55. The van der Waals surface area contributed by atoms with Crippen LogP contribution in [0.5, 0.6) is 0 Å². The maximum absolute atomic E-state index is 11.5. The average Bonchev–Trinajstić information content (AvgIpc) is 2.86. The standard InChI is InChI=1S/C14H19ClN2O/c1-16(14(18)9-15)13-7-8-17(11-13)10-12-5-3-2-4-6-12/h2-6,13H,7-11H2,1H3/t13-/m0/s1. The molecule has 1 aliphatic heterocycles. The summed E-state index contributed by atoms with van der Waals surface area (Å²) in [5.74, 6) is 0.0920. The van der Waals surface area contributed by atoms with E-state index in [9.17, 15) is 4.79 Å². The van der Waals surface area contributed by atoms with Crippen LogP contribution >= 0.6 is 11.6 Å². The van der Waals surface area contributed by atoms with Gasteiger partial charge in [-0.1, -0.05) is 30.3 Å². The maximum atomic E-state index is 11.5. The first-order valence-corrected chi connectivity index (χ1v) is 6.82. The van der Waals surface area contributed by atoms with Gasteiger partial charge in [-0.25, -0.2) is 0 Å². The Hall–Kier alpha value is -1.06. The summed E-state index contributed by atoms with van der Waals surface area (Å²) in [4.78, 5) is 15.7. The summed E-state index contributed by atoms with van der Waals surface area (Å²) in [6.07, 6.45) is 1.03. The van der Waals surface area contributed by atoms with Crippen molar-refractivity contribution in [1.82, 2.24) is 9.80 Å². The highest BCUT2D eigenvalue weighted by molar-refractivity contribution is 6.27. The number of amides is 1. The smallest absolute Gasteiger partial charge is 0.237 e. The van der Waals surface area contributed by atoms with Crippen LogP contribution in [0.4, 0.5) is 0 Å². The zero-order chi connectivity index (χ0) is 13.0. The van der Waals surface area contributed by atoms with E-state index in [2.05, 4.69) is 29.2 Å². The van der Waals surface area contributed by atoms with Crippen LogP contribution in [0.3, 0.4) is 0 Å². The number of alkyl halides is 1. The van der Waals surface area contributed by atoms with Crippen LogP contribution in [0.25, 0.3) is 0 Å². The predicted molar refractivity (Wildman–Crippen MR) is 73.6 cm³/mol. The zero-order valence-corrected chi connectivity index (χ0v) is 11.4. The molecule has 0 radical (unpaired) electrons. The molecule has 2 rings (SSSR count). The van der Waals surface area contributed by atoms with Crippen LogP contribution < -0.4 is 0 Å². The molecule has 1 saturated heterocycles. The molecular formula is C14H19ClN2O. The molecule has 0 spiro atoms. The van der Waals surface area contributed by atoms with Crippen LogP contribution in [0, 0.1) is 0 Å². The number of hydrogen-bond acceptors (Lipinski definition) is 2. The van der Waals surface area contributed by atoms with Gasteiger partial charge in [0.15, 0.2) is 0 Å². The molecule has 1 aromatic carbocycles. The second-order valence-corrected chi connectivity index (χ2v) is 5.07. The van der Waals surface area contributed by atoms with Crippen molar-refractivity contribution in [2.75, 3.05) is 26.0 Å². The molecule has 18 heavy (non-hydrogen) atoms. The van der Waals surface area contributed by atoms with E-state index in [-0.39, 0.29) is 11.8 Å². The SMILES string of the molecule is CN(C(=O)CCl)[C@H]1CCN(Cc2ccccc2)C1. The van der Waals surface area contributed by atoms with Crippen molar-refractivity contribution in [3.63, 3.8) is 0 Å². The van der Waals surface area contributed by atoms with Gasteiger partial charge in [0.05, 0.1) is 0 Å². The van der Waals surface area contributed by atoms with Crippen molar-refractivity contribution < 1.29 is 4.79 Å². The Bertz CT molecular complexity index is 396. The topological polar surface area (TPSA) is 23.6 Å². The molecule has 1 heterocycles. The Labute approximate surface area is 113 Å². The lowest BCUT2D eigenvalue weighted by Gasteiger charge is -2.24. The highest BCUT2D eigenvalue weighted by atomic mass is 35.5. The fourth-order valence-corrected chi connectivity index (χ4v) is 2.60. The number of carbonyl (C=O) groups is 1. The molecule has 0 bridgehead atoms. The minimum Gasteiger partial charge on any atom is -0.340 e. The van der Waals surface area contributed by atoms with Crippen LogP contribution in [0.1, 0.15) is 12.0 Å². The van der Waals surface area contributed by atoms with Gasteiger partial charge in [0.2, 0.25) is 5.91 Å². The number of likely N-dealkylation sites (N-methyl/N-ethyl adjacent to an activating group) is 1. The first kappa shape index (κ1) is 13.4. The third kappa shape index (κ3) is 3.24. The van der Waals surface area contributed by atoms with E-state index in [1.165, 1.54) is 5.56 Å². The lowest BCUT2D eigenvalue weighted by Crippen LogP contribution is -2.39. The number of nitrogens with zero attached hydrogens (tertiary/aromatic N) is 2. The molecular weight excluding hydrogens is 248 g/mol. The fraction of sp³-hybridized carbons (Fsp3) is 0.500. The first-order chi connectivity index (χ1) is 8.70. The van der Waals surface area contributed by atoms with E-state index in [0.29, 0.717) is 6.04 Å². The monoisotopic (exact) mass is 266 g/mol. The van der Waals surface area contributed by atoms with Gasteiger partial charge in [0.1, 0.15) is 5.88 Å². The summed E-state index contributed by atoms with van der Waals surface area (Å²) in [6.45, 7) is 2.94. The number of halogens is 1. The summed E-state index contributed by atoms with van der Waals surface area (Å²) in [5.41, 5.74) is 1.32. The number of likely N-dealkylation sites (tertiary alicyclic amines) is 1. The quantitative estimate of drug-likeness (QED) is 0.778. The van der Waals surface area contributed by atoms with Crippen molar-refractivity contribution in [3.8, 4) is 0 Å². The van der Waals surface area contributed by atoms with E-state index in [0.717, 1.165) is 26.1 Å². The second-order valence-electron chi connectivity index (χ2n) is 4.80. The minimum atomic E-state index is 0.0169. The van der Waals surface area contributed by atoms with Crippen LogP contribution in [-0.4, -0.2) is 47.8 Å². The van der Waals surface area contributed by atoms with Gasteiger partial charge in [0, 0.05) is 32.7 Å². The van der Waals surface area contributed by atoms with Crippen molar-refractivity contribution in [2.45, 2.75) is 19.0 Å². The number of rotatable bonds is 4. The number of carbonyl (C=O) groups excluding carboxylic acids is 1.